The third-order valence-corrected chi connectivity index (χ3v) is 2.57. The van der Waals surface area contributed by atoms with Gasteiger partial charge in [-0.1, -0.05) is 18.2 Å². The van der Waals surface area contributed by atoms with Gasteiger partial charge in [0, 0.05) is 5.56 Å². The molecule has 0 spiro atoms. The quantitative estimate of drug-likeness (QED) is 0.618. The lowest BCUT2D eigenvalue weighted by Crippen LogP contribution is -2.51. The lowest BCUT2D eigenvalue weighted by molar-refractivity contribution is -0.348. The van der Waals surface area contributed by atoms with Crippen LogP contribution in [0.4, 0.5) is 30.7 Å². The van der Waals surface area contributed by atoms with Crippen LogP contribution in [0.1, 0.15) is 22.8 Å². The van der Waals surface area contributed by atoms with Crippen LogP contribution in [0.5, 0.6) is 0 Å². The number of rotatable bonds is 3. The standard InChI is InChI=1S/C12H9F7O2/c1-2-21-9(20)7-5-3-4-6-8(7)10(13,11(14,15)16)12(17,18)19/h3-6H,2H2,1H3. The molecule has 2 nitrogen and oxygen atoms in total. The predicted molar refractivity (Wildman–Crippen MR) is 57.3 cm³/mol. The monoisotopic (exact) mass is 318 g/mol. The van der Waals surface area contributed by atoms with Gasteiger partial charge in [0.2, 0.25) is 0 Å². The van der Waals surface area contributed by atoms with Crippen molar-refractivity contribution in [2.24, 2.45) is 0 Å². The largest absolute Gasteiger partial charge is 0.462 e. The van der Waals surface area contributed by atoms with E-state index in [1.807, 2.05) is 0 Å². The molecule has 1 aromatic carbocycles. The van der Waals surface area contributed by atoms with E-state index in [4.69, 9.17) is 0 Å². The summed E-state index contributed by atoms with van der Waals surface area (Å²) in [4.78, 5) is 11.4. The van der Waals surface area contributed by atoms with Gasteiger partial charge in [0.1, 0.15) is 0 Å². The molecule has 0 heterocycles. The fraction of sp³-hybridized carbons (Fsp3) is 0.417. The normalized spacial score (nSPS) is 13.1. The Kier molecular flexibility index (Phi) is 4.54. The fourth-order valence-corrected chi connectivity index (χ4v) is 1.64. The van der Waals surface area contributed by atoms with Crippen molar-refractivity contribution >= 4 is 5.97 Å². The molecular weight excluding hydrogens is 309 g/mol. The van der Waals surface area contributed by atoms with Crippen molar-refractivity contribution in [3.8, 4) is 0 Å². The van der Waals surface area contributed by atoms with E-state index in [0.29, 0.717) is 6.07 Å². The highest BCUT2D eigenvalue weighted by Gasteiger charge is 2.74. The zero-order chi connectivity index (χ0) is 16.5. The van der Waals surface area contributed by atoms with Gasteiger partial charge in [-0.2, -0.15) is 26.3 Å². The number of benzene rings is 1. The van der Waals surface area contributed by atoms with Crippen LogP contribution in [0.15, 0.2) is 24.3 Å². The van der Waals surface area contributed by atoms with E-state index < -0.39 is 35.1 Å². The highest BCUT2D eigenvalue weighted by molar-refractivity contribution is 5.91. The molecule has 0 amide bonds. The summed E-state index contributed by atoms with van der Waals surface area (Å²) >= 11 is 0. The Labute approximate surface area is 114 Å². The Hall–Kier alpha value is -1.80. The third kappa shape index (κ3) is 2.96. The minimum absolute atomic E-state index is 0.257. The molecule has 118 valence electrons. The molecule has 0 aliphatic rings. The molecule has 1 aromatic rings. The number of esters is 1. The van der Waals surface area contributed by atoms with Crippen LogP contribution >= 0.6 is 0 Å². The van der Waals surface area contributed by atoms with Crippen molar-refractivity contribution in [1.29, 1.82) is 0 Å². The molecule has 0 unspecified atom stereocenters. The summed E-state index contributed by atoms with van der Waals surface area (Å²) in [5, 5.41) is 0. The lowest BCUT2D eigenvalue weighted by atomic mass is 9.90. The summed E-state index contributed by atoms with van der Waals surface area (Å²) in [6.45, 7) is 1.02. The van der Waals surface area contributed by atoms with Gasteiger partial charge in [-0.25, -0.2) is 9.18 Å². The number of hydrogen-bond acceptors (Lipinski definition) is 2. The third-order valence-electron chi connectivity index (χ3n) is 2.57. The maximum absolute atomic E-state index is 13.9. The van der Waals surface area contributed by atoms with E-state index in [9.17, 15) is 35.5 Å². The number of halogens is 7. The van der Waals surface area contributed by atoms with Crippen LogP contribution in [0.2, 0.25) is 0 Å². The van der Waals surface area contributed by atoms with Gasteiger partial charge < -0.3 is 4.74 Å². The molecule has 0 atom stereocenters. The van der Waals surface area contributed by atoms with Gasteiger partial charge in [0.05, 0.1) is 12.2 Å². The number of ether oxygens (including phenoxy) is 1. The Morgan fingerprint density at radius 3 is 1.90 bits per heavy atom. The zero-order valence-electron chi connectivity index (χ0n) is 10.5. The number of carbonyl (C=O) groups is 1. The van der Waals surface area contributed by atoms with E-state index >= 15 is 0 Å². The van der Waals surface area contributed by atoms with Crippen LogP contribution in [0, 0.1) is 0 Å². The highest BCUT2D eigenvalue weighted by Crippen LogP contribution is 2.53. The first kappa shape index (κ1) is 17.3. The van der Waals surface area contributed by atoms with Gasteiger partial charge in [-0.15, -0.1) is 0 Å². The van der Waals surface area contributed by atoms with E-state index in [-0.39, 0.29) is 12.7 Å². The Bertz CT molecular complexity index is 505. The van der Waals surface area contributed by atoms with Crippen molar-refractivity contribution in [3.63, 3.8) is 0 Å². The summed E-state index contributed by atoms with van der Waals surface area (Å²) in [5.74, 6) is -1.47. The van der Waals surface area contributed by atoms with Crippen molar-refractivity contribution in [3.05, 3.63) is 35.4 Å². The molecule has 0 fully saturated rings. The molecular formula is C12H9F7O2. The SMILES string of the molecule is CCOC(=O)c1ccccc1C(F)(C(F)(F)F)C(F)(F)F. The minimum Gasteiger partial charge on any atom is -0.462 e. The maximum Gasteiger partial charge on any atom is 0.435 e. The van der Waals surface area contributed by atoms with Crippen LogP contribution in [-0.2, 0) is 10.4 Å². The molecule has 9 heteroatoms. The van der Waals surface area contributed by atoms with Gasteiger partial charge in [-0.3, -0.25) is 0 Å². The summed E-state index contributed by atoms with van der Waals surface area (Å²) in [6, 6.07) is 2.67. The molecule has 0 aliphatic carbocycles. The molecule has 0 N–H and O–H groups in total. The summed E-state index contributed by atoms with van der Waals surface area (Å²) in [7, 11) is 0. The Balaban J connectivity index is 3.59. The number of hydrogen-bond donors (Lipinski definition) is 0. The second kappa shape index (κ2) is 5.53. The molecule has 0 bridgehead atoms. The van der Waals surface area contributed by atoms with Gasteiger partial charge >= 0.3 is 24.0 Å². The van der Waals surface area contributed by atoms with Crippen molar-refractivity contribution in [1.82, 2.24) is 0 Å². The molecule has 0 saturated carbocycles. The molecule has 21 heavy (non-hydrogen) atoms. The Morgan fingerprint density at radius 1 is 1.00 bits per heavy atom. The first-order chi connectivity index (χ1) is 9.46. The van der Waals surface area contributed by atoms with E-state index in [1.165, 1.54) is 6.92 Å². The highest BCUT2D eigenvalue weighted by atomic mass is 19.4. The van der Waals surface area contributed by atoms with Crippen molar-refractivity contribution in [2.45, 2.75) is 24.9 Å². The van der Waals surface area contributed by atoms with Gasteiger partial charge in [-0.05, 0) is 13.0 Å². The predicted octanol–water partition coefficient (Wildman–Crippen LogP) is 4.15. The maximum atomic E-state index is 13.9. The van der Waals surface area contributed by atoms with Gasteiger partial charge in [0.15, 0.2) is 0 Å². The average molecular weight is 318 g/mol. The minimum atomic E-state index is -6.28. The Morgan fingerprint density at radius 2 is 1.48 bits per heavy atom. The second-order valence-electron chi connectivity index (χ2n) is 3.92. The van der Waals surface area contributed by atoms with Crippen LogP contribution < -0.4 is 0 Å². The molecule has 0 radical (unpaired) electrons. The molecule has 0 aromatic heterocycles. The van der Waals surface area contributed by atoms with Gasteiger partial charge in [0.25, 0.3) is 0 Å². The fourth-order valence-electron chi connectivity index (χ4n) is 1.64. The van der Waals surface area contributed by atoms with E-state index in [0.717, 1.165) is 12.1 Å². The van der Waals surface area contributed by atoms with E-state index in [2.05, 4.69) is 4.74 Å². The summed E-state index contributed by atoms with van der Waals surface area (Å²) in [6.07, 6.45) is -12.6. The van der Waals surface area contributed by atoms with Crippen LogP contribution in [0.25, 0.3) is 0 Å². The lowest BCUT2D eigenvalue weighted by Gasteiger charge is -2.31. The van der Waals surface area contributed by atoms with Crippen LogP contribution in [0.3, 0.4) is 0 Å². The second-order valence-corrected chi connectivity index (χ2v) is 3.92. The van der Waals surface area contributed by atoms with Crippen LogP contribution in [-0.4, -0.2) is 24.9 Å². The van der Waals surface area contributed by atoms with Crippen molar-refractivity contribution in [2.75, 3.05) is 6.61 Å². The smallest absolute Gasteiger partial charge is 0.435 e. The first-order valence-corrected chi connectivity index (χ1v) is 5.55. The molecule has 1 rings (SSSR count). The average Bonchev–Trinajstić information content (AvgIpc) is 2.35. The number of carbonyl (C=O) groups excluding carboxylic acids is 1. The molecule has 0 aliphatic heterocycles. The topological polar surface area (TPSA) is 26.3 Å². The molecule has 0 saturated heterocycles. The number of alkyl halides is 7. The summed E-state index contributed by atoms with van der Waals surface area (Å²) < 4.78 is 94.3. The van der Waals surface area contributed by atoms with Crippen molar-refractivity contribution < 1.29 is 40.3 Å². The van der Waals surface area contributed by atoms with E-state index in [1.54, 1.807) is 0 Å². The zero-order valence-corrected chi connectivity index (χ0v) is 10.5. The first-order valence-electron chi connectivity index (χ1n) is 5.55. The summed E-state index contributed by atoms with van der Waals surface area (Å²) in [5.41, 5.74) is -8.64.